The zero-order chi connectivity index (χ0) is 20.4. The number of rotatable bonds is 8. The Morgan fingerprint density at radius 1 is 1.30 bits per heavy atom. The Kier molecular flexibility index (Phi) is 6.65. The van der Waals surface area contributed by atoms with Gasteiger partial charge in [-0.2, -0.15) is 4.72 Å². The number of carbonyl (C=O) groups excluding carboxylic acids is 1. The van der Waals surface area contributed by atoms with E-state index in [2.05, 4.69) is 15.0 Å². The van der Waals surface area contributed by atoms with Crippen molar-refractivity contribution in [2.75, 3.05) is 0 Å². The predicted molar refractivity (Wildman–Crippen MR) is 110 cm³/mol. The molecular weight excluding hydrogens is 382 g/mol. The lowest BCUT2D eigenvalue weighted by molar-refractivity contribution is -0.124. The van der Waals surface area contributed by atoms with Gasteiger partial charge < -0.3 is 5.32 Å². The van der Waals surface area contributed by atoms with Crippen LogP contribution in [-0.4, -0.2) is 30.9 Å². The molecule has 1 aromatic heterocycles. The third-order valence-electron chi connectivity index (χ3n) is 4.44. The summed E-state index contributed by atoms with van der Waals surface area (Å²) in [6, 6.07) is 4.03. The van der Waals surface area contributed by atoms with Crippen LogP contribution in [0.15, 0.2) is 23.1 Å². The molecule has 1 atom stereocenters. The summed E-state index contributed by atoms with van der Waals surface area (Å²) in [5.74, 6) is -0.131. The zero-order valence-electron chi connectivity index (χ0n) is 16.8. The fraction of sp³-hybridized carbons (Fsp3) is 0.579. The Hall–Kier alpha value is -1.51. The van der Waals surface area contributed by atoms with Gasteiger partial charge in [-0.1, -0.05) is 20.8 Å². The number of nitrogens with zero attached hydrogens (tertiary/aromatic N) is 1. The van der Waals surface area contributed by atoms with Crippen LogP contribution in [0, 0.1) is 12.8 Å². The van der Waals surface area contributed by atoms with Gasteiger partial charge in [0, 0.05) is 5.54 Å². The van der Waals surface area contributed by atoms with Crippen molar-refractivity contribution < 1.29 is 13.2 Å². The van der Waals surface area contributed by atoms with E-state index in [4.69, 9.17) is 0 Å². The van der Waals surface area contributed by atoms with Crippen LogP contribution in [0.1, 0.15) is 52.5 Å². The summed E-state index contributed by atoms with van der Waals surface area (Å²) in [6.07, 6.45) is 1.17. The number of fused-ring (bicyclic) bond motifs is 1. The first-order chi connectivity index (χ1) is 12.4. The second kappa shape index (κ2) is 8.24. The number of aromatic nitrogens is 1. The van der Waals surface area contributed by atoms with Gasteiger partial charge in [-0.3, -0.25) is 4.79 Å². The maximum Gasteiger partial charge on any atom is 0.241 e. The van der Waals surface area contributed by atoms with Crippen LogP contribution in [0.2, 0.25) is 0 Å². The van der Waals surface area contributed by atoms with Crippen LogP contribution in [-0.2, 0) is 14.8 Å². The van der Waals surface area contributed by atoms with Crippen LogP contribution in [0.4, 0.5) is 0 Å². The molecule has 0 saturated carbocycles. The van der Waals surface area contributed by atoms with Gasteiger partial charge in [0.05, 0.1) is 20.1 Å². The van der Waals surface area contributed by atoms with Gasteiger partial charge in [-0.15, -0.1) is 11.3 Å². The second-order valence-electron chi connectivity index (χ2n) is 7.89. The summed E-state index contributed by atoms with van der Waals surface area (Å²) in [5.41, 5.74) is 0.384. The van der Waals surface area contributed by atoms with Gasteiger partial charge in [0.25, 0.3) is 0 Å². The zero-order valence-corrected chi connectivity index (χ0v) is 18.4. The lowest BCUT2D eigenvalue weighted by atomic mass is 9.99. The number of nitrogens with one attached hydrogen (secondary N) is 2. The maximum atomic E-state index is 12.9. The number of benzene rings is 1. The summed E-state index contributed by atoms with van der Waals surface area (Å²) in [4.78, 5) is 17.2. The monoisotopic (exact) mass is 411 g/mol. The van der Waals surface area contributed by atoms with Gasteiger partial charge in [0.2, 0.25) is 15.9 Å². The molecule has 2 N–H and O–H groups in total. The van der Waals surface area contributed by atoms with Crippen LogP contribution in [0.25, 0.3) is 10.2 Å². The van der Waals surface area contributed by atoms with E-state index in [0.717, 1.165) is 21.6 Å². The maximum absolute atomic E-state index is 12.9. The van der Waals surface area contributed by atoms with Crippen molar-refractivity contribution in [1.82, 2.24) is 15.0 Å². The molecule has 2 aromatic rings. The highest BCUT2D eigenvalue weighted by Gasteiger charge is 2.29. The molecule has 27 heavy (non-hydrogen) atoms. The van der Waals surface area contributed by atoms with Crippen molar-refractivity contribution in [1.29, 1.82) is 0 Å². The van der Waals surface area contributed by atoms with Crippen molar-refractivity contribution in [3.63, 3.8) is 0 Å². The largest absolute Gasteiger partial charge is 0.350 e. The summed E-state index contributed by atoms with van der Waals surface area (Å²) >= 11 is 1.45. The highest BCUT2D eigenvalue weighted by Crippen LogP contribution is 2.25. The summed E-state index contributed by atoms with van der Waals surface area (Å²) in [7, 11) is -3.83. The fourth-order valence-electron chi connectivity index (χ4n) is 2.63. The minimum absolute atomic E-state index is 0.148. The summed E-state index contributed by atoms with van der Waals surface area (Å²) < 4.78 is 29.2. The van der Waals surface area contributed by atoms with Gasteiger partial charge in [-0.05, 0) is 57.7 Å². The second-order valence-corrected chi connectivity index (χ2v) is 10.8. The number of thiazole rings is 1. The molecule has 2 rings (SSSR count). The van der Waals surface area contributed by atoms with Gasteiger partial charge in [0.1, 0.15) is 6.04 Å². The Bertz CT molecular complexity index is 917. The fourth-order valence-corrected chi connectivity index (χ4v) is 4.81. The van der Waals surface area contributed by atoms with E-state index in [0.29, 0.717) is 6.42 Å². The molecule has 0 aliphatic rings. The molecule has 0 saturated heterocycles. The van der Waals surface area contributed by atoms with E-state index in [-0.39, 0.29) is 16.7 Å². The average Bonchev–Trinajstić information content (AvgIpc) is 2.92. The van der Waals surface area contributed by atoms with E-state index in [1.54, 1.807) is 12.1 Å². The third-order valence-corrected chi connectivity index (χ3v) is 6.85. The molecule has 0 aliphatic heterocycles. The highest BCUT2D eigenvalue weighted by molar-refractivity contribution is 7.89. The molecule has 8 heteroatoms. The number of hydrogen-bond donors (Lipinski definition) is 2. The number of hydrogen-bond acceptors (Lipinski definition) is 5. The first-order valence-electron chi connectivity index (χ1n) is 9.15. The number of carbonyl (C=O) groups is 1. The SMILES string of the molecule is CCC(C)(C)NC(=O)C(CC(C)C)NS(=O)(=O)c1ccc2nc(C)sc2c1. The van der Waals surface area contributed by atoms with Crippen LogP contribution in [0.3, 0.4) is 0 Å². The number of aryl methyl sites for hydroxylation is 1. The minimum Gasteiger partial charge on any atom is -0.350 e. The topological polar surface area (TPSA) is 88.2 Å². The quantitative estimate of drug-likeness (QED) is 0.695. The molecule has 0 fully saturated rings. The summed E-state index contributed by atoms with van der Waals surface area (Å²) in [5, 5.41) is 3.83. The van der Waals surface area contributed by atoms with E-state index < -0.39 is 21.6 Å². The molecule has 0 aliphatic carbocycles. The van der Waals surface area contributed by atoms with Crippen molar-refractivity contribution in [3.05, 3.63) is 23.2 Å². The molecular formula is C19H29N3O3S2. The lowest BCUT2D eigenvalue weighted by Gasteiger charge is -2.28. The van der Waals surface area contributed by atoms with E-state index >= 15 is 0 Å². The van der Waals surface area contributed by atoms with Crippen molar-refractivity contribution in [2.45, 2.75) is 70.9 Å². The number of amides is 1. The molecule has 150 valence electrons. The third kappa shape index (κ3) is 5.73. The van der Waals surface area contributed by atoms with Crippen LogP contribution in [0.5, 0.6) is 0 Å². The highest BCUT2D eigenvalue weighted by atomic mass is 32.2. The Balaban J connectivity index is 2.29. The molecule has 0 radical (unpaired) electrons. The van der Waals surface area contributed by atoms with Crippen molar-refractivity contribution in [2.24, 2.45) is 5.92 Å². The molecule has 1 aromatic carbocycles. The Labute approximate surface area is 165 Å². The Morgan fingerprint density at radius 3 is 2.56 bits per heavy atom. The van der Waals surface area contributed by atoms with Crippen molar-refractivity contribution in [3.8, 4) is 0 Å². The van der Waals surface area contributed by atoms with E-state index in [1.165, 1.54) is 17.4 Å². The molecule has 1 heterocycles. The lowest BCUT2D eigenvalue weighted by Crippen LogP contribution is -2.53. The summed E-state index contributed by atoms with van der Waals surface area (Å²) in [6.45, 7) is 11.6. The first-order valence-corrected chi connectivity index (χ1v) is 11.4. The van der Waals surface area contributed by atoms with E-state index in [9.17, 15) is 13.2 Å². The molecule has 1 amide bonds. The Morgan fingerprint density at radius 2 is 1.96 bits per heavy atom. The van der Waals surface area contributed by atoms with E-state index in [1.807, 2.05) is 41.5 Å². The number of sulfonamides is 1. The molecule has 1 unspecified atom stereocenters. The average molecular weight is 412 g/mol. The molecule has 6 nitrogen and oxygen atoms in total. The van der Waals surface area contributed by atoms with Crippen LogP contribution < -0.4 is 10.0 Å². The molecule has 0 bridgehead atoms. The van der Waals surface area contributed by atoms with Gasteiger partial charge in [0.15, 0.2) is 0 Å². The normalized spacial score (nSPS) is 13.9. The van der Waals surface area contributed by atoms with Gasteiger partial charge >= 0.3 is 0 Å². The van der Waals surface area contributed by atoms with Crippen molar-refractivity contribution >= 4 is 37.5 Å². The minimum atomic E-state index is -3.83. The first kappa shape index (κ1) is 21.8. The van der Waals surface area contributed by atoms with Gasteiger partial charge in [-0.25, -0.2) is 13.4 Å². The smallest absolute Gasteiger partial charge is 0.241 e. The predicted octanol–water partition coefficient (Wildman–Crippen LogP) is 3.60. The molecule has 0 spiro atoms. The van der Waals surface area contributed by atoms with Crippen LogP contribution >= 0.6 is 11.3 Å². The standard InChI is InChI=1S/C19H29N3O3S2/c1-7-19(5,6)21-18(23)16(10-12(2)3)22-27(24,25)14-8-9-15-17(11-14)26-13(4)20-15/h8-9,11-12,16,22H,7,10H2,1-6H3,(H,21,23).